The monoisotopic (exact) mass is 782 g/mol. The van der Waals surface area contributed by atoms with Crippen molar-refractivity contribution < 1.29 is 18.1 Å². The van der Waals surface area contributed by atoms with Crippen molar-refractivity contribution in [1.82, 2.24) is 28.7 Å². The average molecular weight is 783 g/mol. The summed E-state index contributed by atoms with van der Waals surface area (Å²) < 4.78 is 37.7. The van der Waals surface area contributed by atoms with Gasteiger partial charge in [0.05, 0.1) is 33.1 Å². The van der Waals surface area contributed by atoms with Gasteiger partial charge in [-0.05, 0) is 150 Å². The number of aromatic nitrogens is 6. The predicted octanol–water partition coefficient (Wildman–Crippen LogP) is 8.06. The molecule has 0 amide bonds. The van der Waals surface area contributed by atoms with Crippen LogP contribution < -0.4 is 30.2 Å². The summed E-state index contributed by atoms with van der Waals surface area (Å²) in [6.07, 6.45) is 1.92. The molecule has 0 spiro atoms. The van der Waals surface area contributed by atoms with Crippen molar-refractivity contribution in [3.05, 3.63) is 99.3 Å². The van der Waals surface area contributed by atoms with E-state index < -0.39 is 42.1 Å². The summed E-state index contributed by atoms with van der Waals surface area (Å²) in [7, 11) is -5.24. The minimum Gasteiger partial charge on any atom is -0.361 e. The number of rotatable bonds is 12. The lowest BCUT2D eigenvalue weighted by molar-refractivity contribution is 0.281. The van der Waals surface area contributed by atoms with Crippen molar-refractivity contribution in [3.63, 3.8) is 0 Å². The Bertz CT molecular complexity index is 2520. The zero-order valence-corrected chi connectivity index (χ0v) is 35.4. The molecule has 3 heterocycles. The molecule has 3 aromatic carbocycles. The Morgan fingerprint density at radius 3 is 0.946 bits per heavy atom. The molecule has 0 atom stereocenters. The number of phosphoric ester groups is 1. The van der Waals surface area contributed by atoms with E-state index in [9.17, 15) is 14.4 Å². The topological polar surface area (TPSA) is 149 Å². The van der Waals surface area contributed by atoms with Gasteiger partial charge in [0, 0.05) is 19.6 Å². The quantitative estimate of drug-likeness (QED) is 0.112. The van der Waals surface area contributed by atoms with Crippen LogP contribution in [0.2, 0.25) is 0 Å². The standard InChI is InChI=1S/C42H51N6O7P/c1-13-28-25(10)22(7)19-31-34(28)46(16-4)40(49)37(43-31)53-56(52,54-38-41(50)47(17-5)35-29(14-2)26(11)23(8)20-32(35)44-38)55-39-42(51)48(18-6)36-30(15-3)27(12)24(9)21-33(36)45-39/h19-21H,13-18H2,1-12H3. The summed E-state index contributed by atoms with van der Waals surface area (Å²) >= 11 is 0. The van der Waals surface area contributed by atoms with Gasteiger partial charge in [-0.2, -0.15) is 4.57 Å². The van der Waals surface area contributed by atoms with E-state index in [0.29, 0.717) is 52.4 Å². The molecular formula is C42H51N6O7P. The van der Waals surface area contributed by atoms with E-state index in [2.05, 4.69) is 15.0 Å². The SMILES string of the molecule is CCc1c(C)c(C)cc2nc(OP(=O)(Oc3nc4cc(C)c(C)c(CC)c4n(CC)c3=O)Oc3nc4cc(C)c(C)c(CC)c4n(CC)c3=O)c(=O)n(CC)c12. The fraction of sp³-hybridized carbons (Fsp3) is 0.429. The fourth-order valence-electron chi connectivity index (χ4n) is 7.89. The molecule has 6 aromatic rings. The largest absolute Gasteiger partial charge is 0.651 e. The zero-order valence-electron chi connectivity index (χ0n) is 34.5. The van der Waals surface area contributed by atoms with Crippen molar-refractivity contribution in [2.45, 2.75) is 122 Å². The van der Waals surface area contributed by atoms with Crippen LogP contribution >= 0.6 is 7.82 Å². The van der Waals surface area contributed by atoms with Gasteiger partial charge >= 0.3 is 24.5 Å². The summed E-state index contributed by atoms with van der Waals surface area (Å²) in [6, 6.07) is 5.49. The maximum Gasteiger partial charge on any atom is 0.651 e. The van der Waals surface area contributed by atoms with Crippen LogP contribution in [0.3, 0.4) is 0 Å². The van der Waals surface area contributed by atoms with Crippen molar-refractivity contribution in [2.24, 2.45) is 0 Å². The molecule has 0 saturated carbocycles. The van der Waals surface area contributed by atoms with Gasteiger partial charge in [-0.15, -0.1) is 0 Å². The summed E-state index contributed by atoms with van der Waals surface area (Å²) in [5.41, 5.74) is 9.87. The third kappa shape index (κ3) is 6.59. The van der Waals surface area contributed by atoms with Gasteiger partial charge in [0.1, 0.15) is 0 Å². The first kappa shape index (κ1) is 40.4. The minimum atomic E-state index is -5.24. The zero-order chi connectivity index (χ0) is 41.0. The number of fused-ring (bicyclic) bond motifs is 3. The highest BCUT2D eigenvalue weighted by Crippen LogP contribution is 2.48. The molecule has 0 N–H and O–H groups in total. The molecular weight excluding hydrogens is 731 g/mol. The Labute approximate surface area is 325 Å². The van der Waals surface area contributed by atoms with E-state index in [-0.39, 0.29) is 19.6 Å². The third-order valence-corrected chi connectivity index (χ3v) is 12.3. The molecule has 56 heavy (non-hydrogen) atoms. The second-order valence-electron chi connectivity index (χ2n) is 14.2. The maximum absolute atomic E-state index is 15.3. The predicted molar refractivity (Wildman–Crippen MR) is 221 cm³/mol. The van der Waals surface area contributed by atoms with E-state index in [1.54, 1.807) is 0 Å². The minimum absolute atomic E-state index is 0.244. The van der Waals surface area contributed by atoms with Crippen LogP contribution in [0.15, 0.2) is 32.6 Å². The molecule has 14 heteroatoms. The van der Waals surface area contributed by atoms with Gasteiger partial charge < -0.3 is 27.3 Å². The molecule has 0 fully saturated rings. The van der Waals surface area contributed by atoms with E-state index >= 15 is 4.57 Å². The van der Waals surface area contributed by atoms with E-state index in [1.165, 1.54) is 13.7 Å². The molecule has 13 nitrogen and oxygen atoms in total. The number of benzene rings is 3. The Balaban J connectivity index is 1.63. The lowest BCUT2D eigenvalue weighted by Crippen LogP contribution is -2.29. The third-order valence-electron chi connectivity index (χ3n) is 11.1. The Morgan fingerprint density at radius 2 is 0.732 bits per heavy atom. The number of hydrogen-bond acceptors (Lipinski definition) is 10. The maximum atomic E-state index is 15.3. The second kappa shape index (κ2) is 15.3. The molecule has 0 saturated heterocycles. The highest BCUT2D eigenvalue weighted by Gasteiger charge is 2.40. The molecule has 0 aliphatic heterocycles. The Hall–Kier alpha value is -5.29. The highest BCUT2D eigenvalue weighted by atomic mass is 31.2. The summed E-state index contributed by atoms with van der Waals surface area (Å²) in [5, 5.41) is 0. The van der Waals surface area contributed by atoms with E-state index in [1.807, 2.05) is 101 Å². The average Bonchev–Trinajstić information content (AvgIpc) is 3.16. The van der Waals surface area contributed by atoms with Crippen LogP contribution in [0.5, 0.6) is 17.6 Å². The molecule has 3 aromatic heterocycles. The van der Waals surface area contributed by atoms with Gasteiger partial charge in [-0.1, -0.05) is 20.8 Å². The molecule has 0 aliphatic rings. The number of hydrogen-bond donors (Lipinski definition) is 0. The van der Waals surface area contributed by atoms with Gasteiger partial charge in [-0.25, -0.2) is 15.0 Å². The Kier molecular flexibility index (Phi) is 11.1. The van der Waals surface area contributed by atoms with Crippen LogP contribution in [0.25, 0.3) is 33.1 Å². The molecule has 0 aliphatic carbocycles. The number of nitrogens with zero attached hydrogens (tertiary/aromatic N) is 6. The summed E-state index contributed by atoms with van der Waals surface area (Å²) in [6.45, 7) is 24.0. The summed E-state index contributed by atoms with van der Waals surface area (Å²) in [4.78, 5) is 56.3. The first-order chi connectivity index (χ1) is 26.6. The first-order valence-electron chi connectivity index (χ1n) is 19.4. The van der Waals surface area contributed by atoms with Crippen LogP contribution in [0, 0.1) is 41.5 Å². The van der Waals surface area contributed by atoms with Crippen molar-refractivity contribution in [3.8, 4) is 17.6 Å². The van der Waals surface area contributed by atoms with Crippen LogP contribution in [0.4, 0.5) is 0 Å². The van der Waals surface area contributed by atoms with Gasteiger partial charge in [0.2, 0.25) is 0 Å². The molecule has 0 radical (unpaired) electrons. The normalized spacial score (nSPS) is 11.9. The molecule has 0 unspecified atom stereocenters. The van der Waals surface area contributed by atoms with Crippen LogP contribution in [0.1, 0.15) is 91.6 Å². The van der Waals surface area contributed by atoms with Gasteiger partial charge in [0.25, 0.3) is 17.6 Å². The van der Waals surface area contributed by atoms with Crippen LogP contribution in [-0.4, -0.2) is 28.7 Å². The molecule has 0 bridgehead atoms. The van der Waals surface area contributed by atoms with Crippen molar-refractivity contribution >= 4 is 40.9 Å². The van der Waals surface area contributed by atoms with E-state index in [4.69, 9.17) is 13.6 Å². The number of aryl methyl sites for hydroxylation is 9. The lowest BCUT2D eigenvalue weighted by atomic mass is 9.99. The molecule has 296 valence electrons. The molecule has 6 rings (SSSR count). The van der Waals surface area contributed by atoms with Crippen LogP contribution in [-0.2, 0) is 43.5 Å². The van der Waals surface area contributed by atoms with Gasteiger partial charge in [-0.3, -0.25) is 14.4 Å². The van der Waals surface area contributed by atoms with E-state index in [0.717, 1.165) is 50.1 Å². The van der Waals surface area contributed by atoms with Gasteiger partial charge in [0.15, 0.2) is 0 Å². The highest BCUT2D eigenvalue weighted by molar-refractivity contribution is 7.49. The van der Waals surface area contributed by atoms with Crippen molar-refractivity contribution in [2.75, 3.05) is 0 Å². The lowest BCUT2D eigenvalue weighted by Gasteiger charge is -2.22. The van der Waals surface area contributed by atoms with Crippen molar-refractivity contribution in [1.29, 1.82) is 0 Å². The number of phosphoric acid groups is 1. The smallest absolute Gasteiger partial charge is 0.361 e. The Morgan fingerprint density at radius 1 is 0.482 bits per heavy atom. The first-order valence-corrected chi connectivity index (χ1v) is 20.8. The second-order valence-corrected chi connectivity index (χ2v) is 15.6. The summed E-state index contributed by atoms with van der Waals surface area (Å²) in [5.74, 6) is -1.79. The fourth-order valence-corrected chi connectivity index (χ4v) is 9.00.